The van der Waals surface area contributed by atoms with E-state index < -0.39 is 5.97 Å². The zero-order valence-electron chi connectivity index (χ0n) is 8.03. The van der Waals surface area contributed by atoms with Crippen LogP contribution in [0.15, 0.2) is 0 Å². The predicted molar refractivity (Wildman–Crippen MR) is 48.7 cm³/mol. The Morgan fingerprint density at radius 1 is 1.69 bits per heavy atom. The molecule has 4 nitrogen and oxygen atoms in total. The Kier molecular flexibility index (Phi) is 4.18. The van der Waals surface area contributed by atoms with Gasteiger partial charge in [0, 0.05) is 19.7 Å². The summed E-state index contributed by atoms with van der Waals surface area (Å²) in [5.41, 5.74) is 0. The summed E-state index contributed by atoms with van der Waals surface area (Å²) in [6.07, 6.45) is 2.39. The maximum atomic E-state index is 10.5. The molecule has 76 valence electrons. The molecule has 1 aliphatic heterocycles. The van der Waals surface area contributed by atoms with Gasteiger partial charge in [0.05, 0.1) is 13.0 Å². The normalized spacial score (nSPS) is 23.6. The number of carboxylic acid groups (broad SMARTS) is 1. The van der Waals surface area contributed by atoms with E-state index in [1.165, 1.54) is 0 Å². The van der Waals surface area contributed by atoms with Gasteiger partial charge in [0.1, 0.15) is 0 Å². The molecule has 0 aliphatic carbocycles. The van der Waals surface area contributed by atoms with E-state index in [-0.39, 0.29) is 12.5 Å². The minimum absolute atomic E-state index is 0.229. The number of nitrogens with zero attached hydrogens (tertiary/aromatic N) is 1. The van der Waals surface area contributed by atoms with Crippen LogP contribution in [0.4, 0.5) is 0 Å². The van der Waals surface area contributed by atoms with E-state index in [2.05, 4.69) is 4.90 Å². The van der Waals surface area contributed by atoms with Crippen LogP contribution >= 0.6 is 0 Å². The number of hydrogen-bond donors (Lipinski definition) is 1. The molecule has 4 heteroatoms. The summed E-state index contributed by atoms with van der Waals surface area (Å²) in [7, 11) is 1.67. The van der Waals surface area contributed by atoms with Gasteiger partial charge in [-0.1, -0.05) is 0 Å². The molecule has 0 spiro atoms. The third-order valence-electron chi connectivity index (χ3n) is 2.49. The van der Waals surface area contributed by atoms with Gasteiger partial charge in [-0.3, -0.25) is 9.69 Å². The fourth-order valence-corrected chi connectivity index (χ4v) is 1.83. The lowest BCUT2D eigenvalue weighted by molar-refractivity contribution is -0.138. The number of ether oxygens (including phenoxy) is 1. The van der Waals surface area contributed by atoms with E-state index in [9.17, 15) is 4.79 Å². The second-order valence-electron chi connectivity index (χ2n) is 3.42. The molecule has 0 aromatic rings. The van der Waals surface area contributed by atoms with Crippen LogP contribution in [-0.2, 0) is 9.53 Å². The summed E-state index contributed by atoms with van der Waals surface area (Å²) in [5, 5.41) is 8.66. The van der Waals surface area contributed by atoms with Crippen LogP contribution in [0.25, 0.3) is 0 Å². The SMILES string of the molecule is COCCN1CCCC1CC(=O)O. The smallest absolute Gasteiger partial charge is 0.304 e. The molecule has 0 amide bonds. The topological polar surface area (TPSA) is 49.8 Å². The summed E-state index contributed by atoms with van der Waals surface area (Å²) in [4.78, 5) is 12.7. The molecule has 0 aromatic carbocycles. The highest BCUT2D eigenvalue weighted by atomic mass is 16.5. The molecule has 0 radical (unpaired) electrons. The maximum Gasteiger partial charge on any atom is 0.304 e. The summed E-state index contributed by atoms with van der Waals surface area (Å²) in [6.45, 7) is 2.56. The Bertz CT molecular complexity index is 172. The number of hydrogen-bond acceptors (Lipinski definition) is 3. The number of carboxylic acids is 1. The van der Waals surface area contributed by atoms with Gasteiger partial charge in [-0.2, -0.15) is 0 Å². The van der Waals surface area contributed by atoms with E-state index in [4.69, 9.17) is 9.84 Å². The number of aliphatic carboxylic acids is 1. The van der Waals surface area contributed by atoms with Gasteiger partial charge in [-0.05, 0) is 19.4 Å². The first-order chi connectivity index (χ1) is 6.24. The highest BCUT2D eigenvalue weighted by molar-refractivity contribution is 5.67. The largest absolute Gasteiger partial charge is 0.481 e. The molecule has 0 bridgehead atoms. The summed E-state index contributed by atoms with van der Waals surface area (Å²) < 4.78 is 4.97. The average Bonchev–Trinajstić information content (AvgIpc) is 2.48. The van der Waals surface area contributed by atoms with Crippen molar-refractivity contribution in [2.24, 2.45) is 0 Å². The zero-order valence-corrected chi connectivity index (χ0v) is 8.03. The van der Waals surface area contributed by atoms with Crippen LogP contribution in [0.1, 0.15) is 19.3 Å². The fraction of sp³-hybridized carbons (Fsp3) is 0.889. The van der Waals surface area contributed by atoms with Crippen molar-refractivity contribution in [3.8, 4) is 0 Å². The van der Waals surface area contributed by atoms with Gasteiger partial charge in [0.2, 0.25) is 0 Å². The third kappa shape index (κ3) is 3.32. The van der Waals surface area contributed by atoms with E-state index in [1.807, 2.05) is 0 Å². The average molecular weight is 187 g/mol. The fourth-order valence-electron chi connectivity index (χ4n) is 1.83. The predicted octanol–water partition coefficient (Wildman–Crippen LogP) is 0.572. The summed E-state index contributed by atoms with van der Waals surface area (Å²) in [5.74, 6) is -0.700. The Morgan fingerprint density at radius 2 is 2.46 bits per heavy atom. The second kappa shape index (κ2) is 5.19. The Labute approximate surface area is 78.5 Å². The van der Waals surface area contributed by atoms with Crippen molar-refractivity contribution < 1.29 is 14.6 Å². The van der Waals surface area contributed by atoms with Gasteiger partial charge < -0.3 is 9.84 Å². The van der Waals surface area contributed by atoms with Crippen LogP contribution < -0.4 is 0 Å². The molecule has 0 saturated carbocycles. The number of methoxy groups -OCH3 is 1. The molecular weight excluding hydrogens is 170 g/mol. The first kappa shape index (κ1) is 10.5. The first-order valence-corrected chi connectivity index (χ1v) is 4.69. The Balaban J connectivity index is 2.30. The van der Waals surface area contributed by atoms with Gasteiger partial charge in [0.15, 0.2) is 0 Å². The molecule has 1 aliphatic rings. The van der Waals surface area contributed by atoms with Crippen molar-refractivity contribution in [1.82, 2.24) is 4.90 Å². The molecule has 0 aromatic heterocycles. The highest BCUT2D eigenvalue weighted by Crippen LogP contribution is 2.19. The lowest BCUT2D eigenvalue weighted by Crippen LogP contribution is -2.33. The lowest BCUT2D eigenvalue weighted by atomic mass is 10.1. The zero-order chi connectivity index (χ0) is 9.68. The van der Waals surface area contributed by atoms with Crippen LogP contribution in [0.3, 0.4) is 0 Å². The van der Waals surface area contributed by atoms with Crippen LogP contribution in [-0.4, -0.2) is 48.8 Å². The Hall–Kier alpha value is -0.610. The summed E-state index contributed by atoms with van der Waals surface area (Å²) >= 11 is 0. The Morgan fingerprint density at radius 3 is 3.08 bits per heavy atom. The van der Waals surface area contributed by atoms with Crippen molar-refractivity contribution >= 4 is 5.97 Å². The molecule has 1 fully saturated rings. The van der Waals surface area contributed by atoms with E-state index >= 15 is 0 Å². The number of rotatable bonds is 5. The molecule has 13 heavy (non-hydrogen) atoms. The van der Waals surface area contributed by atoms with Gasteiger partial charge in [-0.25, -0.2) is 0 Å². The van der Waals surface area contributed by atoms with Crippen molar-refractivity contribution in [1.29, 1.82) is 0 Å². The van der Waals surface area contributed by atoms with Crippen LogP contribution in [0.5, 0.6) is 0 Å². The number of likely N-dealkylation sites (tertiary alicyclic amines) is 1. The minimum Gasteiger partial charge on any atom is -0.481 e. The van der Waals surface area contributed by atoms with E-state index in [0.29, 0.717) is 6.61 Å². The molecule has 1 saturated heterocycles. The van der Waals surface area contributed by atoms with Crippen LogP contribution in [0, 0.1) is 0 Å². The summed E-state index contributed by atoms with van der Waals surface area (Å²) in [6, 6.07) is 0.229. The highest BCUT2D eigenvalue weighted by Gasteiger charge is 2.25. The van der Waals surface area contributed by atoms with Crippen molar-refractivity contribution in [2.45, 2.75) is 25.3 Å². The molecular formula is C9H17NO3. The lowest BCUT2D eigenvalue weighted by Gasteiger charge is -2.22. The van der Waals surface area contributed by atoms with E-state index in [0.717, 1.165) is 25.9 Å². The molecule has 1 N–H and O–H groups in total. The molecule has 1 heterocycles. The van der Waals surface area contributed by atoms with Gasteiger partial charge in [-0.15, -0.1) is 0 Å². The van der Waals surface area contributed by atoms with Gasteiger partial charge >= 0.3 is 5.97 Å². The molecule has 1 rings (SSSR count). The monoisotopic (exact) mass is 187 g/mol. The van der Waals surface area contributed by atoms with E-state index in [1.54, 1.807) is 7.11 Å². The van der Waals surface area contributed by atoms with Crippen LogP contribution in [0.2, 0.25) is 0 Å². The molecule has 1 atom stereocenters. The second-order valence-corrected chi connectivity index (χ2v) is 3.42. The first-order valence-electron chi connectivity index (χ1n) is 4.69. The van der Waals surface area contributed by atoms with Crippen molar-refractivity contribution in [3.05, 3.63) is 0 Å². The van der Waals surface area contributed by atoms with Crippen molar-refractivity contribution in [3.63, 3.8) is 0 Å². The molecule has 1 unspecified atom stereocenters. The van der Waals surface area contributed by atoms with Gasteiger partial charge in [0.25, 0.3) is 0 Å². The third-order valence-corrected chi connectivity index (χ3v) is 2.49. The maximum absolute atomic E-state index is 10.5. The minimum atomic E-state index is -0.700. The number of carbonyl (C=O) groups is 1. The quantitative estimate of drug-likeness (QED) is 0.683. The standard InChI is InChI=1S/C9H17NO3/c1-13-6-5-10-4-2-3-8(10)7-9(11)12/h8H,2-7H2,1H3,(H,11,12). The van der Waals surface area contributed by atoms with Crippen molar-refractivity contribution in [2.75, 3.05) is 26.8 Å².